The lowest BCUT2D eigenvalue weighted by molar-refractivity contribution is 0.0802. The fourth-order valence-corrected chi connectivity index (χ4v) is 5.74. The zero-order valence-electron chi connectivity index (χ0n) is 16.5. The fraction of sp³-hybridized carbons (Fsp3) is 0.619. The van der Waals surface area contributed by atoms with E-state index in [1.54, 1.807) is 11.3 Å². The Morgan fingerprint density at radius 1 is 1.43 bits per heavy atom. The lowest BCUT2D eigenvalue weighted by Crippen LogP contribution is -2.39. The Bertz CT molecular complexity index is 787. The number of aliphatic hydroxyl groups is 1. The minimum absolute atomic E-state index is 0.123. The number of aliphatic hydroxyl groups excluding tert-OH is 1. The van der Waals surface area contributed by atoms with Gasteiger partial charge >= 0.3 is 0 Å². The number of hydrogen-bond acceptors (Lipinski definition) is 7. The number of hydrogen-bond donors (Lipinski definition) is 3. The van der Waals surface area contributed by atoms with Crippen LogP contribution in [0, 0.1) is 0 Å². The topological polar surface area (TPSA) is 93.0 Å². The molecule has 1 saturated carbocycles. The molecule has 1 saturated heterocycles. The second-order valence-electron chi connectivity index (χ2n) is 7.99. The monoisotopic (exact) mass is 402 g/mol. The summed E-state index contributed by atoms with van der Waals surface area (Å²) in [6.45, 7) is 4.90. The molecule has 1 aromatic heterocycles. The van der Waals surface area contributed by atoms with Gasteiger partial charge in [0.25, 0.3) is 0 Å². The smallest absolute Gasteiger partial charge is 0.191 e. The molecule has 0 spiro atoms. The Kier molecular flexibility index (Phi) is 5.90. The molecule has 7 heteroatoms. The van der Waals surface area contributed by atoms with Crippen LogP contribution in [-0.2, 0) is 11.2 Å². The van der Waals surface area contributed by atoms with Crippen molar-refractivity contribution in [3.8, 4) is 0 Å². The average molecular weight is 403 g/mol. The molecule has 1 aromatic rings. The van der Waals surface area contributed by atoms with E-state index in [0.717, 1.165) is 61.2 Å². The summed E-state index contributed by atoms with van der Waals surface area (Å²) in [6.07, 6.45) is 8.36. The van der Waals surface area contributed by atoms with Crippen molar-refractivity contribution in [2.45, 2.75) is 62.8 Å². The van der Waals surface area contributed by atoms with E-state index in [1.807, 2.05) is 0 Å². The highest BCUT2D eigenvalue weighted by atomic mass is 32.1. The maximum absolute atomic E-state index is 9.80. The first-order valence-corrected chi connectivity index (χ1v) is 11.0. The van der Waals surface area contributed by atoms with Gasteiger partial charge in [-0.1, -0.05) is 6.58 Å². The highest BCUT2D eigenvalue weighted by molar-refractivity contribution is 7.16. The molecular weight excluding hydrogens is 372 g/mol. The number of nitrogens with two attached hydrogens (primary N) is 1. The minimum Gasteiger partial charge on any atom is -0.481 e. The number of aliphatic imine (C=N–C) groups is 1. The Balaban J connectivity index is 1.51. The second-order valence-corrected chi connectivity index (χ2v) is 9.12. The van der Waals surface area contributed by atoms with E-state index < -0.39 is 0 Å². The van der Waals surface area contributed by atoms with Gasteiger partial charge in [-0.3, -0.25) is 10.2 Å². The highest BCUT2D eigenvalue weighted by Gasteiger charge is 2.35. The Hall–Kier alpha value is -1.63. The van der Waals surface area contributed by atoms with Crippen LogP contribution in [0.1, 0.15) is 54.0 Å². The molecule has 152 valence electrons. The zero-order chi connectivity index (χ0) is 19.7. The van der Waals surface area contributed by atoms with Crippen LogP contribution in [0.15, 0.2) is 17.8 Å². The van der Waals surface area contributed by atoms with E-state index >= 15 is 0 Å². The van der Waals surface area contributed by atoms with Crippen LogP contribution in [0.25, 0.3) is 5.76 Å². The molecule has 2 fully saturated rings. The average Bonchev–Trinajstić information content (AvgIpc) is 3.41. The molecule has 4 rings (SSSR count). The Labute approximate surface area is 170 Å². The van der Waals surface area contributed by atoms with E-state index in [1.165, 1.54) is 11.1 Å². The van der Waals surface area contributed by atoms with Gasteiger partial charge in [0.2, 0.25) is 0 Å². The summed E-state index contributed by atoms with van der Waals surface area (Å²) in [7, 11) is 2.21. The van der Waals surface area contributed by atoms with Crippen molar-refractivity contribution >= 4 is 28.0 Å². The number of aryl methyl sites for hydroxylation is 1. The van der Waals surface area contributed by atoms with Gasteiger partial charge in [-0.2, -0.15) is 0 Å². The summed E-state index contributed by atoms with van der Waals surface area (Å²) in [5.41, 5.74) is 8.39. The van der Waals surface area contributed by atoms with Gasteiger partial charge in [-0.05, 0) is 51.1 Å². The van der Waals surface area contributed by atoms with Crippen LogP contribution in [0.3, 0.4) is 0 Å². The van der Waals surface area contributed by atoms with Crippen molar-refractivity contribution in [1.82, 2.24) is 10.2 Å². The molecule has 0 aromatic carbocycles. The predicted molar refractivity (Wildman–Crippen MR) is 115 cm³/mol. The first-order valence-electron chi connectivity index (χ1n) is 10.2. The summed E-state index contributed by atoms with van der Waals surface area (Å²) < 4.78 is 6.42. The predicted octanol–water partition coefficient (Wildman–Crippen LogP) is 2.70. The van der Waals surface area contributed by atoms with Crippen LogP contribution in [-0.4, -0.2) is 54.4 Å². The van der Waals surface area contributed by atoms with E-state index in [-0.39, 0.29) is 18.6 Å². The van der Waals surface area contributed by atoms with E-state index in [0.29, 0.717) is 18.0 Å². The SMILES string of the molecule is C=CN=C=C(OC1CCC(N(C)C2CN2)CC1)c1c(N)sc2c1C(CO)CC2. The summed E-state index contributed by atoms with van der Waals surface area (Å²) in [6, 6.07) is 0.614. The van der Waals surface area contributed by atoms with Crippen LogP contribution in [0.5, 0.6) is 0 Å². The Morgan fingerprint density at radius 2 is 2.18 bits per heavy atom. The van der Waals surface area contributed by atoms with Gasteiger partial charge in [-0.25, -0.2) is 4.99 Å². The maximum Gasteiger partial charge on any atom is 0.191 e. The first-order chi connectivity index (χ1) is 13.6. The number of rotatable bonds is 7. The number of nitrogens with zero attached hydrogens (tertiary/aromatic N) is 2. The zero-order valence-corrected chi connectivity index (χ0v) is 17.3. The van der Waals surface area contributed by atoms with Gasteiger partial charge < -0.3 is 15.6 Å². The molecule has 3 aliphatic rings. The van der Waals surface area contributed by atoms with Crippen molar-refractivity contribution < 1.29 is 9.84 Å². The quantitative estimate of drug-likeness (QED) is 0.370. The summed E-state index contributed by atoms with van der Waals surface area (Å²) in [4.78, 5) is 7.83. The van der Waals surface area contributed by atoms with Gasteiger partial charge in [0.15, 0.2) is 5.76 Å². The molecule has 0 radical (unpaired) electrons. The number of likely N-dealkylation sites (N-methyl/N-ethyl adjacent to an activating group) is 1. The summed E-state index contributed by atoms with van der Waals surface area (Å²) in [5, 5.41) is 13.9. The van der Waals surface area contributed by atoms with Gasteiger partial charge in [0.1, 0.15) is 0 Å². The third-order valence-electron chi connectivity index (χ3n) is 6.26. The summed E-state index contributed by atoms with van der Waals surface area (Å²) >= 11 is 1.61. The molecule has 28 heavy (non-hydrogen) atoms. The molecule has 2 atom stereocenters. The van der Waals surface area contributed by atoms with Crippen LogP contribution in [0.4, 0.5) is 5.00 Å². The largest absolute Gasteiger partial charge is 0.481 e. The van der Waals surface area contributed by atoms with Crippen molar-refractivity contribution in [3.63, 3.8) is 0 Å². The number of nitrogens with one attached hydrogen (secondary N) is 1. The number of fused-ring (bicyclic) bond motifs is 1. The summed E-state index contributed by atoms with van der Waals surface area (Å²) in [5.74, 6) is 3.75. The molecule has 2 heterocycles. The second kappa shape index (κ2) is 8.39. The maximum atomic E-state index is 9.80. The molecule has 2 aliphatic carbocycles. The molecule has 6 nitrogen and oxygen atoms in total. The van der Waals surface area contributed by atoms with E-state index in [9.17, 15) is 5.11 Å². The van der Waals surface area contributed by atoms with E-state index in [2.05, 4.69) is 34.7 Å². The first kappa shape index (κ1) is 19.7. The number of anilines is 1. The molecule has 4 N–H and O–H groups in total. The Morgan fingerprint density at radius 3 is 2.82 bits per heavy atom. The molecule has 0 amide bonds. The third-order valence-corrected chi connectivity index (χ3v) is 7.36. The van der Waals surface area contributed by atoms with Gasteiger partial charge in [0, 0.05) is 35.5 Å². The van der Waals surface area contributed by atoms with E-state index in [4.69, 9.17) is 10.5 Å². The third kappa shape index (κ3) is 3.91. The molecular formula is C21H30N4O2S. The van der Waals surface area contributed by atoms with Crippen LogP contribution in [0.2, 0.25) is 0 Å². The van der Waals surface area contributed by atoms with Gasteiger partial charge in [0.05, 0.1) is 29.4 Å². The normalized spacial score (nSPS) is 28.5. The highest BCUT2D eigenvalue weighted by Crippen LogP contribution is 2.46. The van der Waals surface area contributed by atoms with Crippen LogP contribution >= 0.6 is 11.3 Å². The number of nitrogen functional groups attached to an aromatic ring is 1. The fourth-order valence-electron chi connectivity index (χ4n) is 4.57. The lowest BCUT2D eigenvalue weighted by Gasteiger charge is -2.34. The lowest BCUT2D eigenvalue weighted by atomic mass is 9.91. The van der Waals surface area contributed by atoms with Crippen molar-refractivity contribution in [1.29, 1.82) is 0 Å². The molecule has 0 bridgehead atoms. The van der Waals surface area contributed by atoms with Crippen molar-refractivity contribution in [2.75, 3.05) is 25.9 Å². The molecule has 2 unspecified atom stereocenters. The van der Waals surface area contributed by atoms with Gasteiger partial charge in [-0.15, -0.1) is 11.3 Å². The number of thiophene rings is 1. The minimum atomic E-state index is 0.123. The van der Waals surface area contributed by atoms with Crippen molar-refractivity contribution in [2.24, 2.45) is 4.99 Å². The number of ether oxygens (including phenoxy) is 1. The van der Waals surface area contributed by atoms with Crippen LogP contribution < -0.4 is 11.1 Å². The van der Waals surface area contributed by atoms with Crippen molar-refractivity contribution in [3.05, 3.63) is 28.8 Å². The standard InChI is InChI=1S/C21H30N4O2S/c1-3-23-10-16(20-19-13(12-26)4-9-17(19)28-21(20)22)27-15-7-5-14(6-8-15)25(2)18-11-24-18/h3,13-15,18,24,26H,1,4-9,11-12,22H2,2H3. The molecule has 1 aliphatic heterocycles.